The van der Waals surface area contributed by atoms with E-state index in [0.717, 1.165) is 57.8 Å². The van der Waals surface area contributed by atoms with Crippen molar-refractivity contribution >= 4 is 11.9 Å². The summed E-state index contributed by atoms with van der Waals surface area (Å²) in [5.41, 5.74) is 0. The van der Waals surface area contributed by atoms with Crippen LogP contribution in [0.5, 0.6) is 0 Å². The summed E-state index contributed by atoms with van der Waals surface area (Å²) in [7, 11) is 0. The quantitative estimate of drug-likeness (QED) is 0.0350. The van der Waals surface area contributed by atoms with Crippen LogP contribution in [0.3, 0.4) is 0 Å². The number of ether oxygens (including phenoxy) is 3. The molecular formula is C51H90O5. The van der Waals surface area contributed by atoms with Crippen LogP contribution in [0, 0.1) is 0 Å². The zero-order valence-electron chi connectivity index (χ0n) is 37.1. The first-order valence-corrected chi connectivity index (χ1v) is 23.8. The molecule has 56 heavy (non-hydrogen) atoms. The lowest BCUT2D eigenvalue weighted by atomic mass is 10.0. The fourth-order valence-electron chi connectivity index (χ4n) is 6.58. The summed E-state index contributed by atoms with van der Waals surface area (Å²) < 4.78 is 17.2. The highest BCUT2D eigenvalue weighted by atomic mass is 16.6. The van der Waals surface area contributed by atoms with Crippen LogP contribution in [0.4, 0.5) is 0 Å². The molecule has 0 fully saturated rings. The van der Waals surface area contributed by atoms with Gasteiger partial charge in [-0.15, -0.1) is 0 Å². The fraction of sp³-hybridized carbons (Fsp3) is 0.765. The van der Waals surface area contributed by atoms with Crippen molar-refractivity contribution in [2.24, 2.45) is 0 Å². The SMILES string of the molecule is CC/C=C\C/C=C\C/C=C\C/C=C\C/C=C\CC(=O)OCC(COCCCCCCCCCCCCCCCC)OC(=O)CCCCCCCCCCCCC. The molecule has 0 N–H and O–H groups in total. The van der Waals surface area contributed by atoms with E-state index in [1.807, 2.05) is 12.2 Å². The van der Waals surface area contributed by atoms with E-state index in [1.165, 1.54) is 135 Å². The standard InChI is InChI=1S/C51H90O5/c1-4-7-10-13-16-19-22-24-26-27-30-32-35-38-41-44-50(52)55-48-49(56-51(53)45-42-39-36-33-29-21-18-15-12-9-6-3)47-54-46-43-40-37-34-31-28-25-23-20-17-14-11-8-5-2/h7,10,16,19,24,26,30,32,38,41,49H,4-6,8-9,11-15,17-18,20-23,25,27-29,31,33-37,39-40,42-48H2,1-3H3/b10-7-,19-16-,26-24-,32-30-,41-38-. The maximum absolute atomic E-state index is 12.7. The molecule has 0 heterocycles. The topological polar surface area (TPSA) is 61.8 Å². The number of unbranched alkanes of at least 4 members (excludes halogenated alkanes) is 23. The van der Waals surface area contributed by atoms with E-state index in [1.54, 1.807) is 0 Å². The van der Waals surface area contributed by atoms with Crippen LogP contribution >= 0.6 is 0 Å². The van der Waals surface area contributed by atoms with Crippen LogP contribution in [-0.4, -0.2) is 37.9 Å². The van der Waals surface area contributed by atoms with Gasteiger partial charge in [0, 0.05) is 13.0 Å². The van der Waals surface area contributed by atoms with E-state index in [4.69, 9.17) is 14.2 Å². The minimum absolute atomic E-state index is 0.0340. The Labute approximate surface area is 347 Å². The van der Waals surface area contributed by atoms with Crippen molar-refractivity contribution in [2.75, 3.05) is 19.8 Å². The summed E-state index contributed by atoms with van der Waals surface area (Å²) in [5, 5.41) is 0. The first-order valence-electron chi connectivity index (χ1n) is 23.8. The predicted molar refractivity (Wildman–Crippen MR) is 242 cm³/mol. The van der Waals surface area contributed by atoms with Crippen molar-refractivity contribution in [3.8, 4) is 0 Å². The van der Waals surface area contributed by atoms with E-state index in [9.17, 15) is 9.59 Å². The highest BCUT2D eigenvalue weighted by Gasteiger charge is 2.17. The molecule has 0 rings (SSSR count). The normalized spacial score (nSPS) is 12.7. The van der Waals surface area contributed by atoms with Crippen molar-refractivity contribution in [3.63, 3.8) is 0 Å². The van der Waals surface area contributed by atoms with E-state index in [-0.39, 0.29) is 31.6 Å². The molecule has 324 valence electrons. The Morgan fingerprint density at radius 1 is 0.411 bits per heavy atom. The molecule has 0 aromatic heterocycles. The first kappa shape index (κ1) is 53.6. The van der Waals surface area contributed by atoms with E-state index in [2.05, 4.69) is 69.4 Å². The number of carbonyl (C=O) groups excluding carboxylic acids is 2. The highest BCUT2D eigenvalue weighted by molar-refractivity contribution is 5.71. The Morgan fingerprint density at radius 3 is 1.21 bits per heavy atom. The van der Waals surface area contributed by atoms with Crippen LogP contribution in [0.25, 0.3) is 0 Å². The molecule has 0 aliphatic rings. The van der Waals surface area contributed by atoms with Gasteiger partial charge >= 0.3 is 11.9 Å². The van der Waals surface area contributed by atoms with E-state index in [0.29, 0.717) is 13.0 Å². The second kappa shape index (κ2) is 47.0. The third-order valence-electron chi connectivity index (χ3n) is 10.1. The first-order chi connectivity index (χ1) is 27.6. The van der Waals surface area contributed by atoms with Gasteiger partial charge in [0.05, 0.1) is 13.0 Å². The molecule has 0 saturated heterocycles. The zero-order chi connectivity index (χ0) is 40.7. The largest absolute Gasteiger partial charge is 0.461 e. The summed E-state index contributed by atoms with van der Waals surface area (Å²) in [6.07, 6.45) is 58.1. The van der Waals surface area contributed by atoms with Crippen molar-refractivity contribution in [1.82, 2.24) is 0 Å². The number of carbonyl (C=O) groups is 2. The Balaban J connectivity index is 4.36. The Kier molecular flexibility index (Phi) is 45.0. The lowest BCUT2D eigenvalue weighted by Gasteiger charge is -2.18. The van der Waals surface area contributed by atoms with Gasteiger partial charge in [0.2, 0.25) is 0 Å². The van der Waals surface area contributed by atoms with Gasteiger partial charge in [0.15, 0.2) is 6.10 Å². The summed E-state index contributed by atoms with van der Waals surface area (Å²) >= 11 is 0. The van der Waals surface area contributed by atoms with Gasteiger partial charge < -0.3 is 14.2 Å². The minimum Gasteiger partial charge on any atom is -0.461 e. The number of allylic oxidation sites excluding steroid dienone is 9. The maximum Gasteiger partial charge on any atom is 0.309 e. The third kappa shape index (κ3) is 44.3. The lowest BCUT2D eigenvalue weighted by molar-refractivity contribution is -0.162. The smallest absolute Gasteiger partial charge is 0.309 e. The number of esters is 2. The average Bonchev–Trinajstić information content (AvgIpc) is 3.20. The van der Waals surface area contributed by atoms with Crippen molar-refractivity contribution in [2.45, 2.75) is 232 Å². The molecule has 0 spiro atoms. The second-order valence-electron chi connectivity index (χ2n) is 15.7. The second-order valence-corrected chi connectivity index (χ2v) is 15.7. The number of rotatable bonds is 43. The van der Waals surface area contributed by atoms with Crippen LogP contribution in [0.1, 0.15) is 226 Å². The van der Waals surface area contributed by atoms with E-state index < -0.39 is 6.10 Å². The van der Waals surface area contributed by atoms with Crippen LogP contribution < -0.4 is 0 Å². The van der Waals surface area contributed by atoms with Gasteiger partial charge in [-0.3, -0.25) is 9.59 Å². The average molecular weight is 783 g/mol. The zero-order valence-corrected chi connectivity index (χ0v) is 37.1. The molecule has 1 unspecified atom stereocenters. The predicted octanol–water partition coefficient (Wildman–Crippen LogP) is 15.8. The summed E-state index contributed by atoms with van der Waals surface area (Å²) in [5.74, 6) is -0.537. The maximum atomic E-state index is 12.7. The molecule has 0 amide bonds. The fourth-order valence-corrected chi connectivity index (χ4v) is 6.58. The molecule has 1 atom stereocenters. The molecule has 5 heteroatoms. The highest BCUT2D eigenvalue weighted by Crippen LogP contribution is 2.15. The van der Waals surface area contributed by atoms with Crippen LogP contribution in [-0.2, 0) is 23.8 Å². The molecule has 0 aliphatic heterocycles. The van der Waals surface area contributed by atoms with Crippen molar-refractivity contribution in [1.29, 1.82) is 0 Å². The molecular weight excluding hydrogens is 693 g/mol. The van der Waals surface area contributed by atoms with Gasteiger partial charge in [0.25, 0.3) is 0 Å². The van der Waals surface area contributed by atoms with Crippen LogP contribution in [0.15, 0.2) is 60.8 Å². The molecule has 5 nitrogen and oxygen atoms in total. The van der Waals surface area contributed by atoms with Crippen molar-refractivity contribution < 1.29 is 23.8 Å². The molecule has 0 saturated carbocycles. The lowest BCUT2D eigenvalue weighted by Crippen LogP contribution is -2.30. The number of hydrogen-bond acceptors (Lipinski definition) is 5. The summed E-state index contributed by atoms with van der Waals surface area (Å²) in [6, 6.07) is 0. The molecule has 0 bridgehead atoms. The Hall–Kier alpha value is -2.40. The molecule has 0 aromatic carbocycles. The monoisotopic (exact) mass is 783 g/mol. The minimum atomic E-state index is -0.570. The third-order valence-corrected chi connectivity index (χ3v) is 10.1. The van der Waals surface area contributed by atoms with Gasteiger partial charge in [-0.25, -0.2) is 0 Å². The van der Waals surface area contributed by atoms with E-state index >= 15 is 0 Å². The molecule has 0 radical (unpaired) electrons. The Bertz CT molecular complexity index is 977. The summed E-state index contributed by atoms with van der Waals surface area (Å²) in [6.45, 7) is 7.62. The summed E-state index contributed by atoms with van der Waals surface area (Å²) in [4.78, 5) is 25.2. The molecule has 0 aliphatic carbocycles. The molecule has 0 aromatic rings. The van der Waals surface area contributed by atoms with Gasteiger partial charge in [-0.2, -0.15) is 0 Å². The van der Waals surface area contributed by atoms with Crippen LogP contribution in [0.2, 0.25) is 0 Å². The van der Waals surface area contributed by atoms with Gasteiger partial charge in [-0.05, 0) is 44.9 Å². The van der Waals surface area contributed by atoms with Crippen molar-refractivity contribution in [3.05, 3.63) is 60.8 Å². The van der Waals surface area contributed by atoms with Gasteiger partial charge in [0.1, 0.15) is 6.61 Å². The number of hydrogen-bond donors (Lipinski definition) is 0. The van der Waals surface area contributed by atoms with Gasteiger partial charge in [-0.1, -0.05) is 229 Å². The Morgan fingerprint density at radius 2 is 0.786 bits per heavy atom.